The van der Waals surface area contributed by atoms with Gasteiger partial charge in [0, 0.05) is 31.7 Å². The lowest BCUT2D eigenvalue weighted by molar-refractivity contribution is -0.126. The van der Waals surface area contributed by atoms with Crippen LogP contribution in [-0.4, -0.2) is 40.5 Å². The molecule has 1 N–H and O–H groups in total. The topological polar surface area (TPSA) is 62.3 Å². The molecule has 0 saturated carbocycles. The fraction of sp³-hybridized carbons (Fsp3) is 0.350. The van der Waals surface area contributed by atoms with Gasteiger partial charge in [0.1, 0.15) is 10.8 Å². The third kappa shape index (κ3) is 5.72. The van der Waals surface area contributed by atoms with Gasteiger partial charge in [0.2, 0.25) is 5.91 Å². The summed E-state index contributed by atoms with van der Waals surface area (Å²) >= 11 is 0.249. The van der Waals surface area contributed by atoms with E-state index in [-0.39, 0.29) is 45.9 Å². The first-order valence-electron chi connectivity index (χ1n) is 9.15. The minimum atomic E-state index is -2.66. The number of benzene rings is 1. The number of hydrogen-bond acceptors (Lipinski definition) is 4. The fourth-order valence-electron chi connectivity index (χ4n) is 3.18. The van der Waals surface area contributed by atoms with Crippen molar-refractivity contribution in [1.82, 2.24) is 15.2 Å². The first-order valence-corrected chi connectivity index (χ1v) is 10.0. The zero-order chi connectivity index (χ0) is 20.8. The summed E-state index contributed by atoms with van der Waals surface area (Å²) in [5, 5.41) is 2.84. The van der Waals surface area contributed by atoms with Crippen LogP contribution in [0, 0.1) is 11.7 Å². The number of piperidine rings is 1. The molecule has 1 fully saturated rings. The molecule has 1 saturated heterocycles. The summed E-state index contributed by atoms with van der Waals surface area (Å²) in [7, 11) is 0. The predicted molar refractivity (Wildman–Crippen MR) is 103 cm³/mol. The van der Waals surface area contributed by atoms with Gasteiger partial charge in [-0.2, -0.15) is 8.78 Å². The lowest BCUT2D eigenvalue weighted by Gasteiger charge is -2.31. The van der Waals surface area contributed by atoms with Crippen molar-refractivity contribution in [2.24, 2.45) is 5.92 Å². The van der Waals surface area contributed by atoms with Crippen LogP contribution >= 0.6 is 11.8 Å². The maximum atomic E-state index is 12.9. The number of nitrogens with one attached hydrogen (secondary N) is 1. The zero-order valence-corrected chi connectivity index (χ0v) is 16.3. The van der Waals surface area contributed by atoms with Crippen molar-refractivity contribution in [3.63, 3.8) is 0 Å². The Morgan fingerprint density at radius 2 is 1.86 bits per heavy atom. The smallest absolute Gasteiger partial charge is 0.290 e. The molecule has 0 bridgehead atoms. The van der Waals surface area contributed by atoms with Gasteiger partial charge in [0.05, 0.1) is 5.56 Å². The summed E-state index contributed by atoms with van der Waals surface area (Å²) in [5.41, 5.74) is 0.949. The van der Waals surface area contributed by atoms with Crippen LogP contribution < -0.4 is 5.32 Å². The van der Waals surface area contributed by atoms with E-state index in [1.807, 2.05) is 0 Å². The van der Waals surface area contributed by atoms with Crippen LogP contribution in [0.3, 0.4) is 0 Å². The van der Waals surface area contributed by atoms with E-state index in [0.717, 1.165) is 5.56 Å². The molecule has 3 rings (SSSR count). The molecule has 2 heterocycles. The number of pyridine rings is 1. The van der Waals surface area contributed by atoms with Gasteiger partial charge < -0.3 is 10.2 Å². The number of likely N-dealkylation sites (tertiary alicyclic amines) is 1. The van der Waals surface area contributed by atoms with Gasteiger partial charge in [0.15, 0.2) is 0 Å². The van der Waals surface area contributed by atoms with Crippen molar-refractivity contribution in [2.45, 2.75) is 30.2 Å². The number of aromatic nitrogens is 1. The first kappa shape index (κ1) is 21.2. The van der Waals surface area contributed by atoms with Crippen molar-refractivity contribution in [3.8, 4) is 0 Å². The lowest BCUT2D eigenvalue weighted by Crippen LogP contribution is -2.43. The molecular weight excluding hydrogens is 403 g/mol. The fourth-order valence-corrected chi connectivity index (χ4v) is 3.76. The molecule has 1 aromatic carbocycles. The van der Waals surface area contributed by atoms with Crippen LogP contribution in [0.25, 0.3) is 0 Å². The Hall–Kier alpha value is -2.55. The summed E-state index contributed by atoms with van der Waals surface area (Å²) < 4.78 is 38.3. The summed E-state index contributed by atoms with van der Waals surface area (Å²) in [6.45, 7) is 1.03. The number of nitrogens with zero attached hydrogens (tertiary/aromatic N) is 2. The number of hydrogen-bond donors (Lipinski definition) is 1. The van der Waals surface area contributed by atoms with Crippen LogP contribution in [-0.2, 0) is 11.3 Å². The minimum Gasteiger partial charge on any atom is -0.352 e. The van der Waals surface area contributed by atoms with Crippen LogP contribution in [0.1, 0.15) is 28.8 Å². The van der Waals surface area contributed by atoms with Crippen molar-refractivity contribution in [2.75, 3.05) is 13.1 Å². The lowest BCUT2D eigenvalue weighted by atomic mass is 9.95. The zero-order valence-electron chi connectivity index (χ0n) is 15.5. The van der Waals surface area contributed by atoms with Crippen LogP contribution in [0.4, 0.5) is 13.2 Å². The summed E-state index contributed by atoms with van der Waals surface area (Å²) in [4.78, 5) is 30.5. The van der Waals surface area contributed by atoms with Crippen LogP contribution in [0.2, 0.25) is 0 Å². The van der Waals surface area contributed by atoms with Gasteiger partial charge in [-0.05, 0) is 54.4 Å². The highest BCUT2D eigenvalue weighted by Crippen LogP contribution is 2.28. The molecule has 1 aromatic heterocycles. The van der Waals surface area contributed by atoms with Crippen molar-refractivity contribution in [1.29, 1.82) is 0 Å². The normalized spacial score (nSPS) is 14.8. The molecule has 0 spiro atoms. The Morgan fingerprint density at radius 3 is 2.52 bits per heavy atom. The third-order valence-corrected chi connectivity index (χ3v) is 5.46. The summed E-state index contributed by atoms with van der Waals surface area (Å²) in [6, 6.07) is 8.93. The number of carbonyl (C=O) groups is 2. The highest BCUT2D eigenvalue weighted by molar-refractivity contribution is 7.99. The standard InChI is InChI=1S/C20H20F3N3O2S/c21-15-5-3-13(4-6-15)12-25-17(27)14-7-10-26(11-8-14)19(28)16-2-1-9-24-18(16)29-20(22)23/h1-6,9,14,20H,7-8,10-12H2,(H,25,27). The van der Waals surface area contributed by atoms with Crippen LogP contribution in [0.15, 0.2) is 47.6 Å². The average molecular weight is 423 g/mol. The highest BCUT2D eigenvalue weighted by atomic mass is 32.2. The SMILES string of the molecule is O=C(NCc1ccc(F)cc1)C1CCN(C(=O)c2cccnc2SC(F)F)CC1. The molecule has 2 aromatic rings. The Labute approximate surface area is 170 Å². The number of halogens is 3. The Balaban J connectivity index is 1.53. The minimum absolute atomic E-state index is 0.00617. The molecule has 0 unspecified atom stereocenters. The molecule has 0 aliphatic carbocycles. The van der Waals surface area contributed by atoms with Crippen molar-refractivity contribution >= 4 is 23.6 Å². The molecule has 1 aliphatic heterocycles. The molecule has 9 heteroatoms. The number of alkyl halides is 2. The summed E-state index contributed by atoms with van der Waals surface area (Å²) in [6.07, 6.45) is 2.34. The van der Waals surface area contributed by atoms with E-state index in [1.54, 1.807) is 23.1 Å². The third-order valence-electron chi connectivity index (χ3n) is 4.74. The Bertz CT molecular complexity index is 856. The van der Waals surface area contributed by atoms with Gasteiger partial charge in [0.25, 0.3) is 11.7 Å². The quantitative estimate of drug-likeness (QED) is 0.720. The van der Waals surface area contributed by atoms with Gasteiger partial charge in [-0.25, -0.2) is 9.37 Å². The molecule has 1 aliphatic rings. The number of carbonyl (C=O) groups excluding carboxylic acids is 2. The maximum Gasteiger partial charge on any atom is 0.290 e. The van der Waals surface area contributed by atoms with E-state index in [0.29, 0.717) is 32.5 Å². The molecular formula is C20H20F3N3O2S. The van der Waals surface area contributed by atoms with Crippen molar-refractivity contribution < 1.29 is 22.8 Å². The predicted octanol–water partition coefficient (Wildman–Crippen LogP) is 3.70. The second-order valence-electron chi connectivity index (χ2n) is 6.65. The van der Waals surface area contributed by atoms with E-state index in [1.165, 1.54) is 24.4 Å². The largest absolute Gasteiger partial charge is 0.352 e. The summed E-state index contributed by atoms with van der Waals surface area (Å²) in [5.74, 6) is -3.70. The maximum absolute atomic E-state index is 12.9. The van der Waals surface area contributed by atoms with E-state index in [9.17, 15) is 22.8 Å². The van der Waals surface area contributed by atoms with Gasteiger partial charge in [-0.15, -0.1) is 0 Å². The molecule has 0 atom stereocenters. The Kier molecular flexibility index (Phi) is 7.13. The molecule has 0 radical (unpaired) electrons. The van der Waals surface area contributed by atoms with E-state index < -0.39 is 5.76 Å². The highest BCUT2D eigenvalue weighted by Gasteiger charge is 2.29. The second kappa shape index (κ2) is 9.78. The number of rotatable bonds is 6. The molecule has 2 amide bonds. The second-order valence-corrected chi connectivity index (χ2v) is 7.62. The van der Waals surface area contributed by atoms with Gasteiger partial charge in [-0.3, -0.25) is 9.59 Å². The van der Waals surface area contributed by atoms with Gasteiger partial charge in [-0.1, -0.05) is 12.1 Å². The Morgan fingerprint density at radius 1 is 1.17 bits per heavy atom. The van der Waals surface area contributed by atoms with E-state index in [2.05, 4.69) is 10.3 Å². The molecule has 5 nitrogen and oxygen atoms in total. The molecule has 29 heavy (non-hydrogen) atoms. The number of thioether (sulfide) groups is 1. The molecule has 154 valence electrons. The first-order chi connectivity index (χ1) is 13.9. The van der Waals surface area contributed by atoms with E-state index in [4.69, 9.17) is 0 Å². The average Bonchev–Trinajstić information content (AvgIpc) is 2.73. The monoisotopic (exact) mass is 423 g/mol. The van der Waals surface area contributed by atoms with Crippen LogP contribution in [0.5, 0.6) is 0 Å². The van der Waals surface area contributed by atoms with Crippen molar-refractivity contribution in [3.05, 3.63) is 59.5 Å². The van der Waals surface area contributed by atoms with E-state index >= 15 is 0 Å². The van der Waals surface area contributed by atoms with Gasteiger partial charge >= 0.3 is 0 Å². The number of amides is 2.